The number of amides is 2. The Kier molecular flexibility index (Phi) is 8.38. The van der Waals surface area contributed by atoms with E-state index in [0.29, 0.717) is 55.8 Å². The second-order valence-corrected chi connectivity index (χ2v) is 8.78. The van der Waals surface area contributed by atoms with Crippen molar-refractivity contribution >= 4 is 29.4 Å². The van der Waals surface area contributed by atoms with E-state index >= 15 is 0 Å². The standard InChI is InChI=1S/C24H29ClN4O4/c1-15(25)23(31)29-11-8-18(9-12-29)21-20(14-27-16(2)28-21)22(30)26-10-7-17-5-4-6-19(13-17)24(32)33-3/h4-6,13-15,18H,7-12H2,1-3H3,(H,26,30). The maximum Gasteiger partial charge on any atom is 0.337 e. The van der Waals surface area contributed by atoms with Crippen molar-refractivity contribution in [1.82, 2.24) is 20.2 Å². The normalized spacial score (nSPS) is 15.1. The maximum absolute atomic E-state index is 12.9. The van der Waals surface area contributed by atoms with Crippen molar-refractivity contribution in [2.75, 3.05) is 26.7 Å². The van der Waals surface area contributed by atoms with E-state index in [-0.39, 0.29) is 17.7 Å². The van der Waals surface area contributed by atoms with Crippen molar-refractivity contribution in [3.05, 3.63) is 58.7 Å². The van der Waals surface area contributed by atoms with Crippen LogP contribution in [0.1, 0.15) is 63.5 Å². The number of carbonyl (C=O) groups excluding carboxylic acids is 3. The molecule has 1 saturated heterocycles. The molecule has 0 radical (unpaired) electrons. The predicted octanol–water partition coefficient (Wildman–Crippen LogP) is 2.88. The van der Waals surface area contributed by atoms with E-state index < -0.39 is 11.3 Å². The zero-order valence-electron chi connectivity index (χ0n) is 19.1. The molecular formula is C24H29ClN4O4. The third kappa shape index (κ3) is 6.28. The van der Waals surface area contributed by atoms with Crippen LogP contribution in [0.3, 0.4) is 0 Å². The second-order valence-electron chi connectivity index (χ2n) is 8.13. The monoisotopic (exact) mass is 472 g/mol. The summed E-state index contributed by atoms with van der Waals surface area (Å²) in [6.45, 7) is 5.05. The van der Waals surface area contributed by atoms with Crippen LogP contribution in [0.4, 0.5) is 0 Å². The minimum Gasteiger partial charge on any atom is -0.465 e. The number of nitrogens with one attached hydrogen (secondary N) is 1. The second kappa shape index (κ2) is 11.2. The molecule has 1 aromatic carbocycles. The Hall–Kier alpha value is -3.00. The minimum absolute atomic E-state index is 0.0665. The number of alkyl halides is 1. The number of hydrogen-bond acceptors (Lipinski definition) is 6. The summed E-state index contributed by atoms with van der Waals surface area (Å²) in [7, 11) is 1.34. The third-order valence-corrected chi connectivity index (χ3v) is 5.95. The van der Waals surface area contributed by atoms with Gasteiger partial charge in [-0.05, 0) is 50.8 Å². The Morgan fingerprint density at radius 2 is 2.00 bits per heavy atom. The molecule has 2 heterocycles. The van der Waals surface area contributed by atoms with Gasteiger partial charge in [-0.3, -0.25) is 9.59 Å². The van der Waals surface area contributed by atoms with Crippen LogP contribution in [-0.4, -0.2) is 64.8 Å². The van der Waals surface area contributed by atoms with Crippen molar-refractivity contribution in [3.8, 4) is 0 Å². The van der Waals surface area contributed by atoms with Crippen molar-refractivity contribution in [3.63, 3.8) is 0 Å². The summed E-state index contributed by atoms with van der Waals surface area (Å²) < 4.78 is 4.75. The summed E-state index contributed by atoms with van der Waals surface area (Å²) in [4.78, 5) is 47.4. The largest absolute Gasteiger partial charge is 0.465 e. The molecule has 1 unspecified atom stereocenters. The molecule has 1 aliphatic heterocycles. The van der Waals surface area contributed by atoms with Crippen molar-refractivity contribution in [1.29, 1.82) is 0 Å². The maximum atomic E-state index is 12.9. The molecule has 176 valence electrons. The Morgan fingerprint density at radius 3 is 2.67 bits per heavy atom. The molecule has 8 nitrogen and oxygen atoms in total. The first-order valence-corrected chi connectivity index (χ1v) is 11.5. The number of ether oxygens (including phenoxy) is 1. The summed E-state index contributed by atoms with van der Waals surface area (Å²) in [5.41, 5.74) is 2.58. The first-order valence-electron chi connectivity index (χ1n) is 11.0. The molecule has 1 aliphatic rings. The highest BCUT2D eigenvalue weighted by atomic mass is 35.5. The smallest absolute Gasteiger partial charge is 0.337 e. The highest BCUT2D eigenvalue weighted by molar-refractivity contribution is 6.30. The zero-order chi connectivity index (χ0) is 24.0. The summed E-state index contributed by atoms with van der Waals surface area (Å²) >= 11 is 5.94. The van der Waals surface area contributed by atoms with Crippen molar-refractivity contribution in [2.45, 2.75) is 44.4 Å². The fourth-order valence-corrected chi connectivity index (χ4v) is 4.12. The number of hydrogen-bond donors (Lipinski definition) is 1. The lowest BCUT2D eigenvalue weighted by Gasteiger charge is -2.33. The van der Waals surface area contributed by atoms with Gasteiger partial charge in [0.05, 0.1) is 23.9 Å². The molecule has 0 bridgehead atoms. The fourth-order valence-electron chi connectivity index (χ4n) is 3.99. The molecule has 0 aliphatic carbocycles. The molecule has 3 rings (SSSR count). The average molecular weight is 473 g/mol. The number of piperidine rings is 1. The van der Waals surface area contributed by atoms with E-state index in [9.17, 15) is 14.4 Å². The van der Waals surface area contributed by atoms with Crippen molar-refractivity contribution < 1.29 is 19.1 Å². The van der Waals surface area contributed by atoms with Gasteiger partial charge < -0.3 is 15.0 Å². The van der Waals surface area contributed by atoms with Crippen LogP contribution in [-0.2, 0) is 16.0 Å². The molecule has 33 heavy (non-hydrogen) atoms. The summed E-state index contributed by atoms with van der Waals surface area (Å²) in [5, 5.41) is 2.39. The molecule has 9 heteroatoms. The lowest BCUT2D eigenvalue weighted by Crippen LogP contribution is -2.41. The van der Waals surface area contributed by atoms with Gasteiger partial charge in [0.15, 0.2) is 0 Å². The number of nitrogens with zero attached hydrogens (tertiary/aromatic N) is 3. The molecular weight excluding hydrogens is 444 g/mol. The van der Waals surface area contributed by atoms with Gasteiger partial charge in [0.25, 0.3) is 5.91 Å². The van der Waals surface area contributed by atoms with E-state index in [1.165, 1.54) is 7.11 Å². The first kappa shape index (κ1) is 24.6. The zero-order valence-corrected chi connectivity index (χ0v) is 19.9. The van der Waals surface area contributed by atoms with Gasteiger partial charge >= 0.3 is 5.97 Å². The Labute approximate surface area is 198 Å². The number of benzene rings is 1. The third-order valence-electron chi connectivity index (χ3n) is 5.76. The van der Waals surface area contributed by atoms with Gasteiger partial charge in [0, 0.05) is 31.7 Å². The lowest BCUT2D eigenvalue weighted by molar-refractivity contribution is -0.131. The number of halogens is 1. The first-order chi connectivity index (χ1) is 15.8. The summed E-state index contributed by atoms with van der Waals surface area (Å²) in [6, 6.07) is 7.14. The molecule has 1 atom stereocenters. The van der Waals surface area contributed by atoms with Crippen LogP contribution in [0.25, 0.3) is 0 Å². The van der Waals surface area contributed by atoms with Gasteiger partial charge in [-0.15, -0.1) is 11.6 Å². The quantitative estimate of drug-likeness (QED) is 0.491. The van der Waals surface area contributed by atoms with Crippen LogP contribution >= 0.6 is 11.6 Å². The number of rotatable bonds is 7. The molecule has 1 N–H and O–H groups in total. The van der Waals surface area contributed by atoms with Crippen LogP contribution in [0.15, 0.2) is 30.5 Å². The summed E-state index contributed by atoms with van der Waals surface area (Å²) in [5.74, 6) is -0.0197. The number of methoxy groups -OCH3 is 1. The molecule has 2 amide bonds. The van der Waals surface area contributed by atoms with E-state index in [1.807, 2.05) is 6.07 Å². The van der Waals surface area contributed by atoms with Crippen LogP contribution in [0, 0.1) is 6.92 Å². The van der Waals surface area contributed by atoms with Gasteiger partial charge in [-0.2, -0.15) is 0 Å². The lowest BCUT2D eigenvalue weighted by atomic mass is 9.90. The number of likely N-dealkylation sites (tertiary alicyclic amines) is 1. The van der Waals surface area contributed by atoms with Gasteiger partial charge in [0.2, 0.25) is 5.91 Å². The summed E-state index contributed by atoms with van der Waals surface area (Å²) in [6.07, 6.45) is 3.57. The Bertz CT molecular complexity index is 1020. The molecule has 2 aromatic rings. The fraction of sp³-hybridized carbons (Fsp3) is 0.458. The number of carbonyl (C=O) groups is 3. The van der Waals surface area contributed by atoms with Gasteiger partial charge in [0.1, 0.15) is 11.2 Å². The van der Waals surface area contributed by atoms with E-state index in [1.54, 1.807) is 43.1 Å². The molecule has 1 aromatic heterocycles. The van der Waals surface area contributed by atoms with Crippen LogP contribution in [0.5, 0.6) is 0 Å². The van der Waals surface area contributed by atoms with Gasteiger partial charge in [-0.25, -0.2) is 14.8 Å². The molecule has 1 fully saturated rings. The highest BCUT2D eigenvalue weighted by Gasteiger charge is 2.29. The molecule has 0 saturated carbocycles. The van der Waals surface area contributed by atoms with Crippen LogP contribution in [0.2, 0.25) is 0 Å². The molecule has 0 spiro atoms. The highest BCUT2D eigenvalue weighted by Crippen LogP contribution is 2.29. The van der Waals surface area contributed by atoms with Crippen LogP contribution < -0.4 is 5.32 Å². The average Bonchev–Trinajstić information content (AvgIpc) is 2.83. The topological polar surface area (TPSA) is 101 Å². The van der Waals surface area contributed by atoms with E-state index in [4.69, 9.17) is 16.3 Å². The number of esters is 1. The minimum atomic E-state index is -0.544. The van der Waals surface area contributed by atoms with Gasteiger partial charge in [-0.1, -0.05) is 12.1 Å². The van der Waals surface area contributed by atoms with E-state index in [2.05, 4.69) is 15.3 Å². The van der Waals surface area contributed by atoms with Crippen molar-refractivity contribution in [2.24, 2.45) is 0 Å². The SMILES string of the molecule is COC(=O)c1cccc(CCNC(=O)c2cnc(C)nc2C2CCN(C(=O)C(C)Cl)CC2)c1. The Morgan fingerprint density at radius 1 is 1.27 bits per heavy atom. The number of aromatic nitrogens is 2. The number of aryl methyl sites for hydroxylation is 1. The Balaban J connectivity index is 1.64. The predicted molar refractivity (Wildman–Crippen MR) is 124 cm³/mol. The van der Waals surface area contributed by atoms with E-state index in [0.717, 1.165) is 11.3 Å².